The van der Waals surface area contributed by atoms with Crippen LogP contribution in [0.5, 0.6) is 6.01 Å². The van der Waals surface area contributed by atoms with Crippen LogP contribution in [0.3, 0.4) is 0 Å². The molecule has 0 N–H and O–H groups in total. The van der Waals surface area contributed by atoms with E-state index in [0.29, 0.717) is 6.01 Å². The predicted octanol–water partition coefficient (Wildman–Crippen LogP) is 5.52. The third-order valence-corrected chi connectivity index (χ3v) is 4.72. The smallest absolute Gasteiger partial charge is 0.317 e. The highest BCUT2D eigenvalue weighted by atomic mass is 16.5. The lowest BCUT2D eigenvalue weighted by Gasteiger charge is -2.22. The van der Waals surface area contributed by atoms with E-state index >= 15 is 0 Å². The first-order valence-corrected chi connectivity index (χ1v) is 9.05. The van der Waals surface area contributed by atoms with Gasteiger partial charge in [0.2, 0.25) is 0 Å². The molecule has 0 unspecified atom stereocenters. The summed E-state index contributed by atoms with van der Waals surface area (Å²) in [4.78, 5) is 9.28. The summed E-state index contributed by atoms with van der Waals surface area (Å²) >= 11 is 0. The maximum absolute atomic E-state index is 6.09. The first-order chi connectivity index (χ1) is 12.4. The van der Waals surface area contributed by atoms with Crippen LogP contribution in [0.25, 0.3) is 22.4 Å². The highest BCUT2D eigenvalue weighted by Crippen LogP contribution is 2.31. The third-order valence-electron chi connectivity index (χ3n) is 4.72. The molecule has 1 aromatic heterocycles. The molecule has 3 aromatic rings. The average molecular weight is 330 g/mol. The lowest BCUT2D eigenvalue weighted by Crippen LogP contribution is -2.20. The Morgan fingerprint density at radius 2 is 1.40 bits per heavy atom. The molecule has 4 rings (SSSR count). The van der Waals surface area contributed by atoms with Crippen molar-refractivity contribution < 1.29 is 4.74 Å². The second-order valence-electron chi connectivity index (χ2n) is 6.52. The van der Waals surface area contributed by atoms with Gasteiger partial charge >= 0.3 is 6.01 Å². The van der Waals surface area contributed by atoms with Crippen LogP contribution in [0.1, 0.15) is 32.1 Å². The van der Waals surface area contributed by atoms with E-state index in [0.717, 1.165) is 35.2 Å². The van der Waals surface area contributed by atoms with Crippen LogP contribution in [0.15, 0.2) is 66.9 Å². The zero-order chi connectivity index (χ0) is 16.9. The van der Waals surface area contributed by atoms with Crippen molar-refractivity contribution in [3.05, 3.63) is 66.9 Å². The molecule has 1 aliphatic rings. The molecule has 1 heterocycles. The number of benzene rings is 2. The van der Waals surface area contributed by atoms with Gasteiger partial charge in [0.05, 0.1) is 5.69 Å². The fraction of sp³-hybridized carbons (Fsp3) is 0.273. The van der Waals surface area contributed by atoms with Crippen LogP contribution in [-0.4, -0.2) is 16.1 Å². The lowest BCUT2D eigenvalue weighted by molar-refractivity contribution is 0.142. The summed E-state index contributed by atoms with van der Waals surface area (Å²) in [5, 5.41) is 0. The molecule has 0 aliphatic heterocycles. The van der Waals surface area contributed by atoms with Gasteiger partial charge in [-0.15, -0.1) is 0 Å². The Morgan fingerprint density at radius 3 is 2.08 bits per heavy atom. The number of hydrogen-bond acceptors (Lipinski definition) is 3. The first-order valence-electron chi connectivity index (χ1n) is 9.05. The Balaban J connectivity index is 1.72. The molecule has 0 radical (unpaired) electrons. The second kappa shape index (κ2) is 7.47. The standard InChI is InChI=1S/C22H22N2O/c1-4-10-17(11-5-1)20-16-23-22(25-19-14-8-3-9-15-19)24-21(20)18-12-6-2-7-13-18/h1-2,4-7,10-13,16,19H,3,8-9,14-15H2. The van der Waals surface area contributed by atoms with Crippen molar-refractivity contribution in [2.24, 2.45) is 0 Å². The number of rotatable bonds is 4. The minimum Gasteiger partial charge on any atom is -0.460 e. The van der Waals surface area contributed by atoms with Crippen LogP contribution in [0, 0.1) is 0 Å². The van der Waals surface area contributed by atoms with Gasteiger partial charge in [0.1, 0.15) is 6.10 Å². The maximum atomic E-state index is 6.09. The monoisotopic (exact) mass is 330 g/mol. The van der Waals surface area contributed by atoms with Crippen LogP contribution in [0.4, 0.5) is 0 Å². The number of nitrogens with zero attached hydrogens (tertiary/aromatic N) is 2. The van der Waals surface area contributed by atoms with Crippen molar-refractivity contribution in [2.75, 3.05) is 0 Å². The Hall–Kier alpha value is -2.68. The van der Waals surface area contributed by atoms with Crippen LogP contribution >= 0.6 is 0 Å². The molecule has 0 amide bonds. The van der Waals surface area contributed by atoms with Gasteiger partial charge in [-0.2, -0.15) is 4.98 Å². The van der Waals surface area contributed by atoms with E-state index in [1.165, 1.54) is 19.3 Å². The van der Waals surface area contributed by atoms with Crippen LogP contribution in [-0.2, 0) is 0 Å². The van der Waals surface area contributed by atoms with Crippen molar-refractivity contribution >= 4 is 0 Å². The van der Waals surface area contributed by atoms with Crippen LogP contribution < -0.4 is 4.74 Å². The second-order valence-corrected chi connectivity index (χ2v) is 6.52. The molecular weight excluding hydrogens is 308 g/mol. The summed E-state index contributed by atoms with van der Waals surface area (Å²) in [6, 6.07) is 21.0. The Kier molecular flexibility index (Phi) is 4.73. The van der Waals surface area contributed by atoms with E-state index in [9.17, 15) is 0 Å². The van der Waals surface area contributed by atoms with Gasteiger partial charge in [-0.3, -0.25) is 0 Å². The van der Waals surface area contributed by atoms with E-state index in [2.05, 4.69) is 29.2 Å². The summed E-state index contributed by atoms with van der Waals surface area (Å²) in [6.07, 6.45) is 8.12. The van der Waals surface area contributed by atoms with Crippen molar-refractivity contribution in [3.8, 4) is 28.4 Å². The van der Waals surface area contributed by atoms with Gasteiger partial charge in [0.15, 0.2) is 0 Å². The molecule has 1 aliphatic carbocycles. The number of hydrogen-bond donors (Lipinski definition) is 0. The maximum Gasteiger partial charge on any atom is 0.317 e. The molecule has 25 heavy (non-hydrogen) atoms. The summed E-state index contributed by atoms with van der Waals surface area (Å²) in [6.45, 7) is 0. The van der Waals surface area contributed by atoms with Gasteiger partial charge in [0, 0.05) is 17.3 Å². The van der Waals surface area contributed by atoms with Crippen molar-refractivity contribution in [1.82, 2.24) is 9.97 Å². The molecule has 126 valence electrons. The Morgan fingerprint density at radius 1 is 0.760 bits per heavy atom. The Bertz CT molecular complexity index is 812. The largest absolute Gasteiger partial charge is 0.460 e. The molecule has 1 saturated carbocycles. The van der Waals surface area contributed by atoms with Crippen LogP contribution in [0.2, 0.25) is 0 Å². The quantitative estimate of drug-likeness (QED) is 0.631. The minimum absolute atomic E-state index is 0.250. The Labute approximate surface area is 148 Å². The van der Waals surface area contributed by atoms with E-state index in [1.54, 1.807) is 0 Å². The molecule has 0 spiro atoms. The van der Waals surface area contributed by atoms with Crippen molar-refractivity contribution in [2.45, 2.75) is 38.2 Å². The number of aromatic nitrogens is 2. The van der Waals surface area contributed by atoms with Gasteiger partial charge in [-0.25, -0.2) is 4.98 Å². The average Bonchev–Trinajstić information content (AvgIpc) is 2.70. The molecular formula is C22H22N2O. The SMILES string of the molecule is c1ccc(-c2cnc(OC3CCCCC3)nc2-c2ccccc2)cc1. The number of ether oxygens (including phenoxy) is 1. The van der Waals surface area contributed by atoms with Crippen molar-refractivity contribution in [3.63, 3.8) is 0 Å². The summed E-state index contributed by atoms with van der Waals surface area (Å²) in [5.74, 6) is 0. The molecule has 0 bridgehead atoms. The third kappa shape index (κ3) is 3.71. The summed E-state index contributed by atoms with van der Waals surface area (Å²) < 4.78 is 6.09. The van der Waals surface area contributed by atoms with Gasteiger partial charge in [-0.05, 0) is 31.2 Å². The van der Waals surface area contributed by atoms with Gasteiger partial charge < -0.3 is 4.74 Å². The van der Waals surface area contributed by atoms with Crippen molar-refractivity contribution in [1.29, 1.82) is 0 Å². The lowest BCUT2D eigenvalue weighted by atomic mass is 9.98. The summed E-state index contributed by atoms with van der Waals surface area (Å²) in [7, 11) is 0. The zero-order valence-corrected chi connectivity index (χ0v) is 14.3. The molecule has 0 saturated heterocycles. The molecule has 0 atom stereocenters. The van der Waals surface area contributed by atoms with E-state index in [4.69, 9.17) is 9.72 Å². The van der Waals surface area contributed by atoms with E-state index < -0.39 is 0 Å². The fourth-order valence-electron chi connectivity index (χ4n) is 3.40. The fourth-order valence-corrected chi connectivity index (χ4v) is 3.40. The minimum atomic E-state index is 0.250. The van der Waals surface area contributed by atoms with Gasteiger partial charge in [0.25, 0.3) is 0 Å². The highest BCUT2D eigenvalue weighted by molar-refractivity contribution is 5.80. The highest BCUT2D eigenvalue weighted by Gasteiger charge is 2.18. The molecule has 1 fully saturated rings. The molecule has 3 heteroatoms. The first kappa shape index (κ1) is 15.8. The predicted molar refractivity (Wildman–Crippen MR) is 100 cm³/mol. The summed E-state index contributed by atoms with van der Waals surface area (Å²) in [5.41, 5.74) is 4.15. The zero-order valence-electron chi connectivity index (χ0n) is 14.3. The van der Waals surface area contributed by atoms with E-state index in [-0.39, 0.29) is 6.10 Å². The van der Waals surface area contributed by atoms with E-state index in [1.807, 2.05) is 42.6 Å². The molecule has 2 aromatic carbocycles. The topological polar surface area (TPSA) is 35.0 Å². The normalized spacial score (nSPS) is 15.0. The van der Waals surface area contributed by atoms with Gasteiger partial charge in [-0.1, -0.05) is 67.1 Å². The molecule has 3 nitrogen and oxygen atoms in total.